The fourth-order valence-electron chi connectivity index (χ4n) is 4.31. The standard InChI is InChI=1S/C21H23N3O3/c25-19(26)18-7-2-1-5-16(18)13-23-11-8-21(15-23)9-12-24(20(21)27)14-17-6-3-4-10-22-17/h1-7,10H,8-9,11-15H2,(H,25,26). The number of aromatic carboxylic acids is 1. The van der Waals surface area contributed by atoms with Gasteiger partial charge in [-0.2, -0.15) is 0 Å². The van der Waals surface area contributed by atoms with E-state index < -0.39 is 5.97 Å². The van der Waals surface area contributed by atoms with Crippen LogP contribution < -0.4 is 0 Å². The number of hydrogen-bond acceptors (Lipinski definition) is 4. The molecule has 2 fully saturated rings. The second-order valence-electron chi connectivity index (χ2n) is 7.50. The Balaban J connectivity index is 1.43. The summed E-state index contributed by atoms with van der Waals surface area (Å²) in [7, 11) is 0. The largest absolute Gasteiger partial charge is 0.478 e. The van der Waals surface area contributed by atoms with Gasteiger partial charge in [0.05, 0.1) is 23.2 Å². The minimum atomic E-state index is -0.905. The molecule has 6 nitrogen and oxygen atoms in total. The van der Waals surface area contributed by atoms with Gasteiger partial charge in [0.15, 0.2) is 0 Å². The SMILES string of the molecule is O=C(O)c1ccccc1CN1CCC2(CCN(Cc3ccccn3)C2=O)C1. The highest BCUT2D eigenvalue weighted by Gasteiger charge is 2.50. The van der Waals surface area contributed by atoms with Gasteiger partial charge in [-0.3, -0.25) is 14.7 Å². The Bertz CT molecular complexity index is 855. The van der Waals surface area contributed by atoms with Crippen LogP contribution in [0.2, 0.25) is 0 Å². The lowest BCUT2D eigenvalue weighted by molar-refractivity contribution is -0.136. The van der Waals surface area contributed by atoms with Crippen molar-refractivity contribution >= 4 is 11.9 Å². The van der Waals surface area contributed by atoms with Gasteiger partial charge in [0.1, 0.15) is 0 Å². The Labute approximate surface area is 158 Å². The maximum absolute atomic E-state index is 13.1. The van der Waals surface area contributed by atoms with Gasteiger partial charge in [0, 0.05) is 25.8 Å². The topological polar surface area (TPSA) is 73.7 Å². The maximum atomic E-state index is 13.1. The van der Waals surface area contributed by atoms with E-state index in [4.69, 9.17) is 0 Å². The first-order chi connectivity index (χ1) is 13.1. The Morgan fingerprint density at radius 1 is 1.07 bits per heavy atom. The first-order valence-electron chi connectivity index (χ1n) is 9.30. The summed E-state index contributed by atoms with van der Waals surface area (Å²) < 4.78 is 0. The number of rotatable bonds is 5. The molecular formula is C21H23N3O3. The lowest BCUT2D eigenvalue weighted by Crippen LogP contribution is -2.36. The third kappa shape index (κ3) is 3.45. The molecule has 0 saturated carbocycles. The number of carboxylic acid groups (broad SMARTS) is 1. The molecule has 1 aromatic carbocycles. The summed E-state index contributed by atoms with van der Waals surface area (Å²) in [6.45, 7) is 3.39. The Morgan fingerprint density at radius 3 is 2.63 bits per heavy atom. The smallest absolute Gasteiger partial charge is 0.336 e. The lowest BCUT2D eigenvalue weighted by Gasteiger charge is -2.24. The predicted molar refractivity (Wildman–Crippen MR) is 100.0 cm³/mol. The van der Waals surface area contributed by atoms with Crippen LogP contribution in [0.15, 0.2) is 48.7 Å². The van der Waals surface area contributed by atoms with Crippen molar-refractivity contribution in [3.63, 3.8) is 0 Å². The molecule has 1 spiro atoms. The number of carbonyl (C=O) groups is 2. The quantitative estimate of drug-likeness (QED) is 0.881. The number of carbonyl (C=O) groups excluding carboxylic acids is 1. The van der Waals surface area contributed by atoms with Gasteiger partial charge < -0.3 is 10.0 Å². The fourth-order valence-corrected chi connectivity index (χ4v) is 4.31. The molecule has 2 aliphatic rings. The Morgan fingerprint density at radius 2 is 1.85 bits per heavy atom. The number of aromatic nitrogens is 1. The van der Waals surface area contributed by atoms with Gasteiger partial charge in [-0.05, 0) is 43.1 Å². The van der Waals surface area contributed by atoms with E-state index in [-0.39, 0.29) is 11.3 Å². The van der Waals surface area contributed by atoms with Crippen LogP contribution in [0.5, 0.6) is 0 Å². The van der Waals surface area contributed by atoms with E-state index in [2.05, 4.69) is 9.88 Å². The molecular weight excluding hydrogens is 342 g/mol. The third-order valence-electron chi connectivity index (χ3n) is 5.75. The number of amides is 1. The number of carboxylic acids is 1. The molecule has 2 aliphatic heterocycles. The molecule has 140 valence electrons. The van der Waals surface area contributed by atoms with Crippen LogP contribution in [0.1, 0.15) is 34.5 Å². The molecule has 2 saturated heterocycles. The average molecular weight is 365 g/mol. The van der Waals surface area contributed by atoms with Crippen molar-refractivity contribution in [1.29, 1.82) is 0 Å². The number of likely N-dealkylation sites (tertiary alicyclic amines) is 2. The van der Waals surface area contributed by atoms with Crippen LogP contribution >= 0.6 is 0 Å². The fraction of sp³-hybridized carbons (Fsp3) is 0.381. The molecule has 4 rings (SSSR count). The zero-order valence-electron chi connectivity index (χ0n) is 15.2. The Kier molecular flexibility index (Phi) is 4.66. The summed E-state index contributed by atoms with van der Waals surface area (Å²) in [6.07, 6.45) is 3.44. The number of benzene rings is 1. The molecule has 0 radical (unpaired) electrons. The zero-order valence-corrected chi connectivity index (χ0v) is 15.2. The molecule has 1 N–H and O–H groups in total. The van der Waals surface area contributed by atoms with Crippen molar-refractivity contribution < 1.29 is 14.7 Å². The number of hydrogen-bond donors (Lipinski definition) is 1. The normalized spacial score (nSPS) is 22.7. The van der Waals surface area contributed by atoms with E-state index in [0.717, 1.165) is 37.2 Å². The number of nitrogens with zero attached hydrogens (tertiary/aromatic N) is 3. The first-order valence-corrected chi connectivity index (χ1v) is 9.30. The Hall–Kier alpha value is -2.73. The maximum Gasteiger partial charge on any atom is 0.336 e. The van der Waals surface area contributed by atoms with Gasteiger partial charge in [-0.15, -0.1) is 0 Å². The number of pyridine rings is 1. The van der Waals surface area contributed by atoms with Crippen LogP contribution in [0.25, 0.3) is 0 Å². The summed E-state index contributed by atoms with van der Waals surface area (Å²) in [5.74, 6) is -0.694. The van der Waals surface area contributed by atoms with Gasteiger partial charge in [-0.25, -0.2) is 4.79 Å². The van der Waals surface area contributed by atoms with Gasteiger partial charge in [0.2, 0.25) is 5.91 Å². The zero-order chi connectivity index (χ0) is 18.9. The van der Waals surface area contributed by atoms with Crippen LogP contribution in [-0.4, -0.2) is 51.4 Å². The van der Waals surface area contributed by atoms with E-state index in [1.54, 1.807) is 18.3 Å². The van der Waals surface area contributed by atoms with E-state index in [0.29, 0.717) is 25.2 Å². The van der Waals surface area contributed by atoms with Crippen LogP contribution in [-0.2, 0) is 17.9 Å². The summed E-state index contributed by atoms with van der Waals surface area (Å²) in [5, 5.41) is 9.38. The second-order valence-corrected chi connectivity index (χ2v) is 7.50. The molecule has 0 bridgehead atoms. The van der Waals surface area contributed by atoms with Crippen molar-refractivity contribution in [3.8, 4) is 0 Å². The van der Waals surface area contributed by atoms with Crippen molar-refractivity contribution in [2.24, 2.45) is 5.41 Å². The van der Waals surface area contributed by atoms with Crippen LogP contribution in [0.4, 0.5) is 0 Å². The highest BCUT2D eigenvalue weighted by Crippen LogP contribution is 2.41. The average Bonchev–Trinajstić information content (AvgIpc) is 3.22. The van der Waals surface area contributed by atoms with E-state index >= 15 is 0 Å². The second kappa shape index (κ2) is 7.12. The van der Waals surface area contributed by atoms with Gasteiger partial charge in [-0.1, -0.05) is 24.3 Å². The van der Waals surface area contributed by atoms with Gasteiger partial charge >= 0.3 is 5.97 Å². The molecule has 6 heteroatoms. The summed E-state index contributed by atoms with van der Waals surface area (Å²) in [5.41, 5.74) is 1.73. The molecule has 27 heavy (non-hydrogen) atoms. The van der Waals surface area contributed by atoms with E-state index in [1.807, 2.05) is 35.2 Å². The minimum Gasteiger partial charge on any atom is -0.478 e. The minimum absolute atomic E-state index is 0.210. The molecule has 1 amide bonds. The van der Waals surface area contributed by atoms with Crippen LogP contribution in [0.3, 0.4) is 0 Å². The molecule has 2 aromatic rings. The summed E-state index contributed by atoms with van der Waals surface area (Å²) in [4.78, 5) is 33.0. The highest BCUT2D eigenvalue weighted by atomic mass is 16.4. The summed E-state index contributed by atoms with van der Waals surface area (Å²) in [6, 6.07) is 12.9. The summed E-state index contributed by atoms with van der Waals surface area (Å²) >= 11 is 0. The van der Waals surface area contributed by atoms with Crippen molar-refractivity contribution in [1.82, 2.24) is 14.8 Å². The highest BCUT2D eigenvalue weighted by molar-refractivity contribution is 5.89. The third-order valence-corrected chi connectivity index (χ3v) is 5.75. The van der Waals surface area contributed by atoms with E-state index in [9.17, 15) is 14.7 Å². The monoisotopic (exact) mass is 365 g/mol. The molecule has 0 aliphatic carbocycles. The lowest BCUT2D eigenvalue weighted by atomic mass is 9.85. The van der Waals surface area contributed by atoms with E-state index in [1.165, 1.54) is 0 Å². The van der Waals surface area contributed by atoms with Crippen molar-refractivity contribution in [3.05, 3.63) is 65.5 Å². The molecule has 1 aromatic heterocycles. The van der Waals surface area contributed by atoms with Crippen molar-refractivity contribution in [2.75, 3.05) is 19.6 Å². The molecule has 1 unspecified atom stereocenters. The molecule has 1 atom stereocenters. The van der Waals surface area contributed by atoms with Crippen LogP contribution in [0, 0.1) is 5.41 Å². The van der Waals surface area contributed by atoms with Crippen molar-refractivity contribution in [2.45, 2.75) is 25.9 Å². The van der Waals surface area contributed by atoms with Gasteiger partial charge in [0.25, 0.3) is 0 Å². The molecule has 3 heterocycles. The predicted octanol–water partition coefficient (Wildman–Crippen LogP) is 2.40. The first kappa shape index (κ1) is 17.7.